The average Bonchev–Trinajstić information content (AvgIpc) is 2.83. The number of hydrogen-bond donors (Lipinski definition) is 0. The zero-order chi connectivity index (χ0) is 28.9. The fraction of sp³-hybridized carbons (Fsp3) is 0.656. The molecular formula is C32H54O5Si. The number of ether oxygens (including phenoxy) is 3. The van der Waals surface area contributed by atoms with Crippen LogP contribution in [0.1, 0.15) is 79.2 Å². The largest absolute Gasteiger partial charge is 0.497 e. The predicted octanol–water partition coefficient (Wildman–Crippen LogP) is 8.50. The third-order valence-electron chi connectivity index (χ3n) is 7.63. The van der Waals surface area contributed by atoms with Gasteiger partial charge in [-0.1, -0.05) is 58.4 Å². The summed E-state index contributed by atoms with van der Waals surface area (Å²) < 4.78 is 23.9. The molecule has 38 heavy (non-hydrogen) atoms. The van der Waals surface area contributed by atoms with Crippen molar-refractivity contribution in [1.82, 2.24) is 0 Å². The summed E-state index contributed by atoms with van der Waals surface area (Å²) in [6.45, 7) is 26.6. The van der Waals surface area contributed by atoms with Crippen LogP contribution in [0.5, 0.6) is 5.75 Å². The van der Waals surface area contributed by atoms with E-state index >= 15 is 0 Å². The molecular weight excluding hydrogens is 492 g/mol. The van der Waals surface area contributed by atoms with Crippen LogP contribution in [0.3, 0.4) is 0 Å². The summed E-state index contributed by atoms with van der Waals surface area (Å²) in [6, 6.07) is 7.93. The second kappa shape index (κ2) is 16.3. The van der Waals surface area contributed by atoms with E-state index in [0.29, 0.717) is 38.4 Å². The van der Waals surface area contributed by atoms with Gasteiger partial charge in [0.2, 0.25) is 0 Å². The molecule has 6 heteroatoms. The van der Waals surface area contributed by atoms with Gasteiger partial charge in [-0.2, -0.15) is 0 Å². The van der Waals surface area contributed by atoms with E-state index in [0.717, 1.165) is 29.7 Å². The summed E-state index contributed by atoms with van der Waals surface area (Å²) in [5.41, 5.74) is 2.23. The van der Waals surface area contributed by atoms with Gasteiger partial charge in [-0.3, -0.25) is 4.79 Å². The highest BCUT2D eigenvalue weighted by Gasteiger charge is 2.38. The number of benzene rings is 1. The number of carbonyl (C=O) groups is 1. The number of esters is 1. The molecule has 0 aromatic heterocycles. The van der Waals surface area contributed by atoms with E-state index in [1.165, 1.54) is 0 Å². The molecule has 0 saturated heterocycles. The maximum absolute atomic E-state index is 12.8. The Labute approximate surface area is 234 Å². The second-order valence-electron chi connectivity index (χ2n) is 12.3. The predicted molar refractivity (Wildman–Crippen MR) is 161 cm³/mol. The van der Waals surface area contributed by atoms with E-state index in [1.54, 1.807) is 7.11 Å². The minimum atomic E-state index is -1.86. The molecule has 0 saturated carbocycles. The van der Waals surface area contributed by atoms with Gasteiger partial charge >= 0.3 is 5.97 Å². The summed E-state index contributed by atoms with van der Waals surface area (Å²) in [5, 5.41) is 0.143. The van der Waals surface area contributed by atoms with E-state index in [4.69, 9.17) is 18.6 Å². The topological polar surface area (TPSA) is 54.0 Å². The van der Waals surface area contributed by atoms with Crippen molar-refractivity contribution in [1.29, 1.82) is 0 Å². The van der Waals surface area contributed by atoms with Gasteiger partial charge in [0.1, 0.15) is 11.9 Å². The molecule has 0 fully saturated rings. The molecule has 0 bridgehead atoms. The smallest absolute Gasteiger partial charge is 0.306 e. The Bertz CT molecular complexity index is 856. The Hall–Kier alpha value is -1.89. The van der Waals surface area contributed by atoms with Crippen molar-refractivity contribution in [2.24, 2.45) is 11.8 Å². The first-order chi connectivity index (χ1) is 17.7. The molecule has 0 radical (unpaired) electrons. The van der Waals surface area contributed by atoms with Gasteiger partial charge in [0.05, 0.1) is 19.8 Å². The monoisotopic (exact) mass is 546 g/mol. The number of rotatable bonds is 18. The van der Waals surface area contributed by atoms with Gasteiger partial charge in [-0.15, -0.1) is 13.2 Å². The minimum Gasteiger partial charge on any atom is -0.497 e. The summed E-state index contributed by atoms with van der Waals surface area (Å²) in [7, 11) is -0.201. The third-order valence-corrected chi connectivity index (χ3v) is 12.1. The zero-order valence-electron chi connectivity index (χ0n) is 25.6. The van der Waals surface area contributed by atoms with Crippen LogP contribution in [-0.4, -0.2) is 40.2 Å². The Morgan fingerprint density at radius 3 is 2.24 bits per heavy atom. The zero-order valence-corrected chi connectivity index (χ0v) is 26.6. The first-order valence-corrected chi connectivity index (χ1v) is 16.9. The van der Waals surface area contributed by atoms with Crippen LogP contribution < -0.4 is 4.74 Å². The lowest BCUT2D eigenvalue weighted by Crippen LogP contribution is -2.43. The van der Waals surface area contributed by atoms with Gasteiger partial charge in [0, 0.05) is 25.4 Å². The standard InChI is InChI=1S/C32H54O5Si/c1-12-14-30(26(5)22-36-38(10,11)32(6,7)8)37-31(33)16-13-15-29(25(4)21-24(2)3)35-23-27-17-19-28(34-9)20-18-27/h12,17-20,25-26,29-30H,1-2,13-16,21-23H2,3-11H3/t25-,26-,29-,30+/m0/s1. The van der Waals surface area contributed by atoms with E-state index in [2.05, 4.69) is 60.9 Å². The highest BCUT2D eigenvalue weighted by Crippen LogP contribution is 2.37. The van der Waals surface area contributed by atoms with Crippen molar-refractivity contribution < 1.29 is 23.4 Å². The van der Waals surface area contributed by atoms with Gasteiger partial charge in [0.25, 0.3) is 0 Å². The van der Waals surface area contributed by atoms with Crippen LogP contribution in [0.25, 0.3) is 0 Å². The Morgan fingerprint density at radius 2 is 1.71 bits per heavy atom. The summed E-state index contributed by atoms with van der Waals surface area (Å²) in [4.78, 5) is 12.8. The Morgan fingerprint density at radius 1 is 1.08 bits per heavy atom. The maximum Gasteiger partial charge on any atom is 0.306 e. The average molecular weight is 547 g/mol. The first kappa shape index (κ1) is 34.1. The van der Waals surface area contributed by atoms with Crippen molar-refractivity contribution in [3.05, 3.63) is 54.6 Å². The summed E-state index contributed by atoms with van der Waals surface area (Å²) in [6.07, 6.45) is 5.01. The van der Waals surface area contributed by atoms with Gasteiger partial charge in [-0.25, -0.2) is 0 Å². The van der Waals surface area contributed by atoms with Crippen molar-refractivity contribution in [2.75, 3.05) is 13.7 Å². The normalized spacial score (nSPS) is 15.3. The number of allylic oxidation sites excluding steroid dienone is 1. The quantitative estimate of drug-likeness (QED) is 0.105. The van der Waals surface area contributed by atoms with E-state index in [1.807, 2.05) is 37.3 Å². The molecule has 0 N–H and O–H groups in total. The lowest BCUT2D eigenvalue weighted by molar-refractivity contribution is -0.152. The maximum atomic E-state index is 12.8. The van der Waals surface area contributed by atoms with E-state index in [-0.39, 0.29) is 29.1 Å². The number of methoxy groups -OCH3 is 1. The Kier molecular flexibility index (Phi) is 14.6. The van der Waals surface area contributed by atoms with Gasteiger partial charge < -0.3 is 18.6 Å². The molecule has 1 rings (SSSR count). The molecule has 1 aromatic carbocycles. The molecule has 0 spiro atoms. The molecule has 0 unspecified atom stereocenters. The molecule has 0 aliphatic rings. The lowest BCUT2D eigenvalue weighted by atomic mass is 9.93. The second-order valence-corrected chi connectivity index (χ2v) is 17.1. The fourth-order valence-electron chi connectivity index (χ4n) is 4.04. The van der Waals surface area contributed by atoms with Crippen molar-refractivity contribution in [3.63, 3.8) is 0 Å². The minimum absolute atomic E-state index is 0.0301. The molecule has 216 valence electrons. The molecule has 0 amide bonds. The van der Waals surface area contributed by atoms with Crippen molar-refractivity contribution >= 4 is 14.3 Å². The molecule has 5 nitrogen and oxygen atoms in total. The van der Waals surface area contributed by atoms with Crippen molar-refractivity contribution in [3.8, 4) is 5.75 Å². The summed E-state index contributed by atoms with van der Waals surface area (Å²) in [5.74, 6) is 1.07. The summed E-state index contributed by atoms with van der Waals surface area (Å²) >= 11 is 0. The molecule has 1 aromatic rings. The lowest BCUT2D eigenvalue weighted by Gasteiger charge is -2.37. The van der Waals surface area contributed by atoms with E-state index in [9.17, 15) is 4.79 Å². The van der Waals surface area contributed by atoms with Crippen LogP contribution in [0.2, 0.25) is 18.1 Å². The van der Waals surface area contributed by atoms with Gasteiger partial charge in [0.15, 0.2) is 8.32 Å². The van der Waals surface area contributed by atoms with E-state index < -0.39 is 8.32 Å². The first-order valence-electron chi connectivity index (χ1n) is 14.0. The van der Waals surface area contributed by atoms with Gasteiger partial charge in [-0.05, 0) is 67.9 Å². The highest BCUT2D eigenvalue weighted by atomic mass is 28.4. The van der Waals surface area contributed by atoms with Crippen LogP contribution in [-0.2, 0) is 25.3 Å². The SMILES string of the molecule is C=CC[C@@H](OC(=O)CCC[C@H](OCc1ccc(OC)cc1)[C@@H](C)CC(=C)C)[C@@H](C)CO[Si](C)(C)C(C)(C)C. The fourth-order valence-corrected chi connectivity index (χ4v) is 5.15. The van der Waals surface area contributed by atoms with Crippen LogP contribution in [0.4, 0.5) is 0 Å². The molecule has 0 heterocycles. The highest BCUT2D eigenvalue weighted by molar-refractivity contribution is 6.74. The Balaban J connectivity index is 2.67. The molecule has 0 aliphatic heterocycles. The van der Waals surface area contributed by atoms with Crippen LogP contribution in [0.15, 0.2) is 49.1 Å². The number of hydrogen-bond acceptors (Lipinski definition) is 5. The third kappa shape index (κ3) is 12.3. The molecule has 0 aliphatic carbocycles. The van der Waals surface area contributed by atoms with Crippen LogP contribution >= 0.6 is 0 Å². The number of carbonyl (C=O) groups excluding carboxylic acids is 1. The molecule has 4 atom stereocenters. The van der Waals surface area contributed by atoms with Crippen LogP contribution in [0, 0.1) is 11.8 Å². The van der Waals surface area contributed by atoms with Crippen molar-refractivity contribution in [2.45, 2.75) is 111 Å².